The summed E-state index contributed by atoms with van der Waals surface area (Å²) in [6.45, 7) is 2.03. The molecule has 6 heteroatoms. The zero-order valence-corrected chi connectivity index (χ0v) is 22.4. The summed E-state index contributed by atoms with van der Waals surface area (Å²) < 4.78 is 5.48. The van der Waals surface area contributed by atoms with Gasteiger partial charge in [0.1, 0.15) is 5.75 Å². The number of nitrogen functional groups attached to an aromatic ring is 1. The van der Waals surface area contributed by atoms with Crippen molar-refractivity contribution in [2.24, 2.45) is 0 Å². The average molecular weight is 524 g/mol. The van der Waals surface area contributed by atoms with Gasteiger partial charge in [0.2, 0.25) is 5.82 Å². The Morgan fingerprint density at radius 2 is 1.25 bits per heavy atom. The highest BCUT2D eigenvalue weighted by molar-refractivity contribution is 5.83. The number of aryl methyl sites for hydroxylation is 1. The zero-order valence-electron chi connectivity index (χ0n) is 22.4. The number of methoxy groups -OCH3 is 1. The molecule has 0 aliphatic rings. The molecule has 6 nitrogen and oxygen atoms in total. The highest BCUT2D eigenvalue weighted by atomic mass is 16.5. The zero-order chi connectivity index (χ0) is 27.5. The summed E-state index contributed by atoms with van der Waals surface area (Å²) in [4.78, 5) is 1.73. The second kappa shape index (κ2) is 10.5. The molecule has 196 valence electrons. The summed E-state index contributed by atoms with van der Waals surface area (Å²) in [6, 6.07) is 42.8. The molecule has 5 aromatic carbocycles. The lowest BCUT2D eigenvalue weighted by Gasteiger charge is -2.34. The van der Waals surface area contributed by atoms with Crippen LogP contribution in [0.2, 0.25) is 0 Å². The Hall–Kier alpha value is -5.23. The maximum absolute atomic E-state index is 6.28. The summed E-state index contributed by atoms with van der Waals surface area (Å²) in [7, 11) is 1.68. The van der Waals surface area contributed by atoms with Crippen LogP contribution in [0.25, 0.3) is 22.5 Å². The van der Waals surface area contributed by atoms with E-state index in [0.29, 0.717) is 11.5 Å². The molecule has 1 heterocycles. The Morgan fingerprint density at radius 3 is 1.77 bits per heavy atom. The number of nitrogens with zero attached hydrogens (tertiary/aromatic N) is 4. The van der Waals surface area contributed by atoms with Crippen molar-refractivity contribution in [2.45, 2.75) is 12.5 Å². The van der Waals surface area contributed by atoms with Crippen LogP contribution >= 0.6 is 0 Å². The predicted molar refractivity (Wildman–Crippen MR) is 159 cm³/mol. The predicted octanol–water partition coefficient (Wildman–Crippen LogP) is 6.75. The Bertz CT molecular complexity index is 1650. The van der Waals surface area contributed by atoms with Gasteiger partial charge in [0.25, 0.3) is 0 Å². The van der Waals surface area contributed by atoms with E-state index in [1.54, 1.807) is 11.9 Å². The summed E-state index contributed by atoms with van der Waals surface area (Å²) in [5.74, 6) is 1.33. The third-order valence-corrected chi connectivity index (χ3v) is 7.28. The molecule has 0 saturated carbocycles. The first-order valence-electron chi connectivity index (χ1n) is 13.1. The number of hydrogen-bond acceptors (Lipinski definition) is 5. The Labute approximate surface area is 233 Å². The maximum Gasteiger partial charge on any atom is 0.205 e. The number of tetrazole rings is 1. The van der Waals surface area contributed by atoms with Gasteiger partial charge in [-0.2, -0.15) is 0 Å². The van der Waals surface area contributed by atoms with Gasteiger partial charge in [-0.1, -0.05) is 103 Å². The van der Waals surface area contributed by atoms with Gasteiger partial charge in [-0.25, -0.2) is 0 Å². The van der Waals surface area contributed by atoms with E-state index in [4.69, 9.17) is 20.8 Å². The molecule has 6 aromatic rings. The van der Waals surface area contributed by atoms with E-state index in [9.17, 15) is 0 Å². The van der Waals surface area contributed by atoms with Gasteiger partial charge in [-0.3, -0.25) is 0 Å². The van der Waals surface area contributed by atoms with Crippen LogP contribution in [0.15, 0.2) is 127 Å². The maximum atomic E-state index is 6.28. The highest BCUT2D eigenvalue weighted by Gasteiger charge is 2.41. The number of nitrogens with two attached hydrogens (primary N) is 1. The molecule has 40 heavy (non-hydrogen) atoms. The SMILES string of the molecule is COc1ccc(-c2ccc(N)cc2-c2nnn(C(c3ccccc3)(c3ccccc3)c3ccccc3)n2)cc1C. The van der Waals surface area contributed by atoms with Gasteiger partial charge in [0.15, 0.2) is 5.54 Å². The number of anilines is 1. The first-order valence-corrected chi connectivity index (χ1v) is 13.1. The summed E-state index contributed by atoms with van der Waals surface area (Å²) >= 11 is 0. The monoisotopic (exact) mass is 523 g/mol. The standard InChI is InChI=1S/C34H29N5O/c1-24-22-25(18-21-32(24)40-2)30-20-19-29(35)23-31(30)33-36-38-39(37-33)34(26-12-6-3-7-13-26,27-14-8-4-9-15-27)28-16-10-5-11-17-28/h3-23H,35H2,1-2H3. The number of ether oxygens (including phenoxy) is 1. The lowest BCUT2D eigenvalue weighted by molar-refractivity contribution is 0.396. The van der Waals surface area contributed by atoms with Gasteiger partial charge >= 0.3 is 0 Å². The number of aromatic nitrogens is 4. The van der Waals surface area contributed by atoms with Crippen LogP contribution in [-0.2, 0) is 5.54 Å². The fourth-order valence-electron chi connectivity index (χ4n) is 5.39. The van der Waals surface area contributed by atoms with E-state index >= 15 is 0 Å². The first-order chi connectivity index (χ1) is 19.6. The molecule has 0 spiro atoms. The molecule has 0 fully saturated rings. The van der Waals surface area contributed by atoms with Crippen LogP contribution < -0.4 is 10.5 Å². The quantitative estimate of drug-likeness (QED) is 0.185. The molecule has 0 aliphatic carbocycles. The normalized spacial score (nSPS) is 11.3. The van der Waals surface area contributed by atoms with Gasteiger partial charge in [0.05, 0.1) is 7.11 Å². The van der Waals surface area contributed by atoms with E-state index in [1.165, 1.54) is 0 Å². The van der Waals surface area contributed by atoms with Crippen molar-refractivity contribution in [3.63, 3.8) is 0 Å². The molecule has 0 radical (unpaired) electrons. The molecule has 0 aliphatic heterocycles. The van der Waals surface area contributed by atoms with Gasteiger partial charge in [-0.05, 0) is 69.8 Å². The Kier molecular flexibility index (Phi) is 6.58. The van der Waals surface area contributed by atoms with E-state index in [2.05, 4.69) is 47.6 Å². The smallest absolute Gasteiger partial charge is 0.205 e. The van der Waals surface area contributed by atoms with E-state index < -0.39 is 5.54 Å². The van der Waals surface area contributed by atoms with Crippen molar-refractivity contribution in [1.82, 2.24) is 20.2 Å². The second-order valence-electron chi connectivity index (χ2n) is 9.70. The second-order valence-corrected chi connectivity index (χ2v) is 9.70. The molecule has 6 rings (SSSR count). The molecule has 0 unspecified atom stereocenters. The van der Waals surface area contributed by atoms with Crippen molar-refractivity contribution >= 4 is 5.69 Å². The molecular formula is C34H29N5O. The molecule has 0 saturated heterocycles. The van der Waals surface area contributed by atoms with E-state index in [0.717, 1.165) is 44.7 Å². The fraction of sp³-hybridized carbons (Fsp3) is 0.0882. The number of hydrogen-bond donors (Lipinski definition) is 1. The third-order valence-electron chi connectivity index (χ3n) is 7.28. The third kappa shape index (κ3) is 4.29. The molecule has 1 aromatic heterocycles. The molecule has 0 bridgehead atoms. The van der Waals surface area contributed by atoms with Crippen LogP contribution in [0.5, 0.6) is 5.75 Å². The Morgan fingerprint density at radius 1 is 0.675 bits per heavy atom. The number of rotatable bonds is 7. The van der Waals surface area contributed by atoms with Crippen LogP contribution in [0.3, 0.4) is 0 Å². The van der Waals surface area contributed by atoms with E-state index in [1.807, 2.05) is 91.9 Å². The van der Waals surface area contributed by atoms with Crippen molar-refractivity contribution < 1.29 is 4.74 Å². The van der Waals surface area contributed by atoms with Crippen LogP contribution in [0.4, 0.5) is 5.69 Å². The number of benzene rings is 5. The largest absolute Gasteiger partial charge is 0.496 e. The molecule has 2 N–H and O–H groups in total. The van der Waals surface area contributed by atoms with Crippen LogP contribution in [0.1, 0.15) is 22.3 Å². The minimum absolute atomic E-state index is 0.489. The minimum Gasteiger partial charge on any atom is -0.496 e. The van der Waals surface area contributed by atoms with Crippen molar-refractivity contribution in [3.8, 4) is 28.3 Å². The minimum atomic E-state index is -0.855. The average Bonchev–Trinajstić information content (AvgIpc) is 3.50. The van der Waals surface area contributed by atoms with Crippen molar-refractivity contribution in [1.29, 1.82) is 0 Å². The molecular weight excluding hydrogens is 494 g/mol. The summed E-state index contributed by atoms with van der Waals surface area (Å²) in [6.07, 6.45) is 0. The lowest BCUT2D eigenvalue weighted by Crippen LogP contribution is -2.39. The van der Waals surface area contributed by atoms with Gasteiger partial charge < -0.3 is 10.5 Å². The van der Waals surface area contributed by atoms with Crippen molar-refractivity contribution in [2.75, 3.05) is 12.8 Å². The fourth-order valence-corrected chi connectivity index (χ4v) is 5.39. The van der Waals surface area contributed by atoms with Crippen LogP contribution in [0, 0.1) is 6.92 Å². The Balaban J connectivity index is 1.59. The van der Waals surface area contributed by atoms with Gasteiger partial charge in [-0.15, -0.1) is 15.0 Å². The summed E-state index contributed by atoms with van der Waals surface area (Å²) in [5, 5.41) is 14.4. The lowest BCUT2D eigenvalue weighted by atomic mass is 9.77. The summed E-state index contributed by atoms with van der Waals surface area (Å²) in [5.41, 5.74) is 12.9. The van der Waals surface area contributed by atoms with E-state index in [-0.39, 0.29) is 0 Å². The molecule has 0 atom stereocenters. The van der Waals surface area contributed by atoms with Crippen LogP contribution in [-0.4, -0.2) is 27.3 Å². The highest BCUT2D eigenvalue weighted by Crippen LogP contribution is 2.41. The first kappa shape index (κ1) is 25.1. The topological polar surface area (TPSA) is 78.9 Å². The van der Waals surface area contributed by atoms with Crippen molar-refractivity contribution in [3.05, 3.63) is 150 Å². The van der Waals surface area contributed by atoms with Gasteiger partial charge in [0, 0.05) is 11.3 Å². The molecule has 0 amide bonds.